The SMILES string of the molecule is CCC(C)n1ncn(-c2ccc(N3CCN(c4ccc(C5COC(Cn6cncn6)(c6ccc(Cl)cc6Cl)O5)cc4OC)CC3)cc2)c1=O. The third-order valence-corrected chi connectivity index (χ3v) is 9.92. The number of hydrogen-bond donors (Lipinski definition) is 0. The van der Waals surface area contributed by atoms with E-state index in [0.717, 1.165) is 61.0 Å². The Morgan fingerprint density at radius 2 is 1.71 bits per heavy atom. The Labute approximate surface area is 294 Å². The molecule has 2 aliphatic rings. The number of benzene rings is 3. The van der Waals surface area contributed by atoms with E-state index in [1.54, 1.807) is 41.1 Å². The number of halogens is 2. The van der Waals surface area contributed by atoms with E-state index in [-0.39, 0.29) is 24.4 Å². The van der Waals surface area contributed by atoms with Crippen molar-refractivity contribution in [1.29, 1.82) is 0 Å². The highest BCUT2D eigenvalue weighted by atomic mass is 35.5. The van der Waals surface area contributed by atoms with Crippen molar-refractivity contribution in [2.45, 2.75) is 44.7 Å². The lowest BCUT2D eigenvalue weighted by atomic mass is 10.0. The molecule has 2 saturated heterocycles. The molecule has 2 aromatic heterocycles. The van der Waals surface area contributed by atoms with Crippen LogP contribution in [0.5, 0.6) is 5.75 Å². The zero-order valence-electron chi connectivity index (χ0n) is 27.6. The van der Waals surface area contributed by atoms with Crippen molar-refractivity contribution in [2.24, 2.45) is 0 Å². The molecule has 3 atom stereocenters. The predicted molar refractivity (Wildman–Crippen MR) is 188 cm³/mol. The maximum atomic E-state index is 12.9. The number of piperazine rings is 1. The number of ether oxygens (including phenoxy) is 3. The standard InChI is InChI=1S/C35H38Cl2N8O4/c1-4-24(2)45-34(46)44(23-40-45)28-9-7-27(8-10-28)41-13-15-42(16-14-41)31-12-5-25(17-32(31)47-3)33-19-48-35(49-33,20-43-22-38-21-39-43)29-11-6-26(36)18-30(29)37/h5-12,17-18,21-24,33H,4,13-16,19-20H2,1-3H3. The molecule has 7 rings (SSSR count). The van der Waals surface area contributed by atoms with Crippen molar-refractivity contribution < 1.29 is 14.2 Å². The largest absolute Gasteiger partial charge is 0.495 e. The minimum Gasteiger partial charge on any atom is -0.495 e. The third-order valence-electron chi connectivity index (χ3n) is 9.37. The number of aromatic nitrogens is 6. The number of methoxy groups -OCH3 is 1. The molecular formula is C35H38Cl2N8O4. The summed E-state index contributed by atoms with van der Waals surface area (Å²) in [5.41, 5.74) is 4.40. The Kier molecular flexibility index (Phi) is 9.38. The van der Waals surface area contributed by atoms with Crippen LogP contribution < -0.4 is 20.2 Å². The summed E-state index contributed by atoms with van der Waals surface area (Å²) in [6.45, 7) is 7.91. The lowest BCUT2D eigenvalue weighted by molar-refractivity contribution is -0.189. The highest BCUT2D eigenvalue weighted by Crippen LogP contribution is 2.45. The lowest BCUT2D eigenvalue weighted by Crippen LogP contribution is -2.46. The fourth-order valence-electron chi connectivity index (χ4n) is 6.46. The van der Waals surface area contributed by atoms with Gasteiger partial charge in [-0.25, -0.2) is 23.7 Å². The zero-order chi connectivity index (χ0) is 34.1. The van der Waals surface area contributed by atoms with E-state index in [9.17, 15) is 4.79 Å². The predicted octanol–water partition coefficient (Wildman–Crippen LogP) is 5.88. The summed E-state index contributed by atoms with van der Waals surface area (Å²) in [7, 11) is 1.69. The van der Waals surface area contributed by atoms with Crippen LogP contribution in [0.4, 0.5) is 11.4 Å². The molecule has 0 aliphatic carbocycles. The highest BCUT2D eigenvalue weighted by Gasteiger charge is 2.46. The molecular weight excluding hydrogens is 667 g/mol. The van der Waals surface area contributed by atoms with Gasteiger partial charge in [0.1, 0.15) is 37.4 Å². The molecule has 0 amide bonds. The first-order valence-electron chi connectivity index (χ1n) is 16.3. The number of rotatable bonds is 10. The molecule has 49 heavy (non-hydrogen) atoms. The first-order chi connectivity index (χ1) is 23.8. The van der Waals surface area contributed by atoms with E-state index in [0.29, 0.717) is 22.2 Å². The summed E-state index contributed by atoms with van der Waals surface area (Å²) < 4.78 is 23.8. The number of hydrogen-bond acceptors (Lipinski definition) is 9. The molecule has 3 aromatic carbocycles. The van der Waals surface area contributed by atoms with Crippen LogP contribution in [-0.4, -0.2) is 69.0 Å². The Bertz CT molecular complexity index is 1960. The van der Waals surface area contributed by atoms with E-state index in [1.807, 2.05) is 38.1 Å². The quantitative estimate of drug-likeness (QED) is 0.176. The normalized spacial score (nSPS) is 20.1. The average Bonchev–Trinajstić information content (AvgIpc) is 3.89. The van der Waals surface area contributed by atoms with Crippen molar-refractivity contribution >= 4 is 34.6 Å². The fraction of sp³-hybridized carbons (Fsp3) is 0.371. The first-order valence-corrected chi connectivity index (χ1v) is 17.1. The molecule has 256 valence electrons. The van der Waals surface area contributed by atoms with Gasteiger partial charge in [-0.1, -0.05) is 42.3 Å². The second-order valence-corrected chi connectivity index (χ2v) is 13.1. The van der Waals surface area contributed by atoms with Crippen molar-refractivity contribution in [3.8, 4) is 11.4 Å². The zero-order valence-corrected chi connectivity index (χ0v) is 29.1. The van der Waals surface area contributed by atoms with Gasteiger partial charge in [-0.3, -0.25) is 0 Å². The minimum absolute atomic E-state index is 0.0551. The van der Waals surface area contributed by atoms with Crippen LogP contribution in [-0.2, 0) is 21.8 Å². The van der Waals surface area contributed by atoms with E-state index in [1.165, 1.54) is 11.0 Å². The number of anilines is 2. The maximum absolute atomic E-state index is 12.9. The molecule has 0 spiro atoms. The second-order valence-electron chi connectivity index (χ2n) is 12.3. The molecule has 3 unspecified atom stereocenters. The average molecular weight is 706 g/mol. The molecule has 2 aliphatic heterocycles. The van der Waals surface area contributed by atoms with Gasteiger partial charge in [-0.05, 0) is 67.4 Å². The molecule has 0 bridgehead atoms. The van der Waals surface area contributed by atoms with Crippen molar-refractivity contribution in [1.82, 2.24) is 29.1 Å². The summed E-state index contributed by atoms with van der Waals surface area (Å²) in [6.07, 6.45) is 5.15. The van der Waals surface area contributed by atoms with Gasteiger partial charge >= 0.3 is 5.69 Å². The van der Waals surface area contributed by atoms with E-state index in [4.69, 9.17) is 37.4 Å². The molecule has 0 N–H and O–H groups in total. The molecule has 0 saturated carbocycles. The third kappa shape index (κ3) is 6.53. The van der Waals surface area contributed by atoms with E-state index in [2.05, 4.69) is 49.2 Å². The van der Waals surface area contributed by atoms with Crippen LogP contribution >= 0.6 is 23.2 Å². The summed E-state index contributed by atoms with van der Waals surface area (Å²) >= 11 is 12.9. The van der Waals surface area contributed by atoms with Crippen molar-refractivity contribution in [2.75, 3.05) is 49.7 Å². The van der Waals surface area contributed by atoms with Crippen molar-refractivity contribution in [3.63, 3.8) is 0 Å². The van der Waals surface area contributed by atoms with Gasteiger partial charge in [-0.2, -0.15) is 10.2 Å². The number of nitrogens with zero attached hydrogens (tertiary/aromatic N) is 8. The summed E-state index contributed by atoms with van der Waals surface area (Å²) in [5.74, 6) is -0.424. The highest BCUT2D eigenvalue weighted by molar-refractivity contribution is 6.35. The Balaban J connectivity index is 1.04. The molecule has 14 heteroatoms. The maximum Gasteiger partial charge on any atom is 0.350 e. The van der Waals surface area contributed by atoms with Crippen LogP contribution in [0.25, 0.3) is 5.69 Å². The van der Waals surface area contributed by atoms with E-state index < -0.39 is 5.79 Å². The van der Waals surface area contributed by atoms with Crippen molar-refractivity contribution in [3.05, 3.63) is 111 Å². The van der Waals surface area contributed by atoms with Crippen LogP contribution in [0.3, 0.4) is 0 Å². The molecule has 4 heterocycles. The molecule has 12 nitrogen and oxygen atoms in total. The smallest absolute Gasteiger partial charge is 0.350 e. The fourth-order valence-corrected chi connectivity index (χ4v) is 7.01. The van der Waals surface area contributed by atoms with Gasteiger partial charge in [0.15, 0.2) is 0 Å². The van der Waals surface area contributed by atoms with Gasteiger partial charge < -0.3 is 24.0 Å². The van der Waals surface area contributed by atoms with Crippen LogP contribution in [0.15, 0.2) is 84.4 Å². The minimum atomic E-state index is -1.19. The summed E-state index contributed by atoms with van der Waals surface area (Å²) in [4.78, 5) is 21.6. The van der Waals surface area contributed by atoms with Gasteiger partial charge in [0, 0.05) is 42.5 Å². The molecule has 2 fully saturated rings. The van der Waals surface area contributed by atoms with Crippen LogP contribution in [0.2, 0.25) is 10.0 Å². The Morgan fingerprint density at radius 1 is 0.959 bits per heavy atom. The van der Waals surface area contributed by atoms with Gasteiger partial charge in [0.25, 0.3) is 0 Å². The second kappa shape index (κ2) is 13.9. The summed E-state index contributed by atoms with van der Waals surface area (Å²) in [5, 5.41) is 9.55. The monoisotopic (exact) mass is 704 g/mol. The molecule has 0 radical (unpaired) electrons. The van der Waals surface area contributed by atoms with Gasteiger partial charge in [0.2, 0.25) is 5.79 Å². The van der Waals surface area contributed by atoms with Crippen LogP contribution in [0.1, 0.15) is 43.5 Å². The van der Waals surface area contributed by atoms with Gasteiger partial charge in [0.05, 0.1) is 36.2 Å². The topological polar surface area (TPSA) is 105 Å². The van der Waals surface area contributed by atoms with E-state index >= 15 is 0 Å². The molecule has 5 aromatic rings. The Hall–Kier alpha value is -4.36. The summed E-state index contributed by atoms with van der Waals surface area (Å²) in [6, 6.07) is 19.6. The first kappa shape index (κ1) is 33.2. The Morgan fingerprint density at radius 3 is 2.41 bits per heavy atom. The van der Waals surface area contributed by atoms with Crippen LogP contribution in [0, 0.1) is 0 Å². The van der Waals surface area contributed by atoms with Gasteiger partial charge in [-0.15, -0.1) is 0 Å². The lowest BCUT2D eigenvalue weighted by Gasteiger charge is -2.38.